The Morgan fingerprint density at radius 3 is 2.41 bits per heavy atom. The minimum absolute atomic E-state index is 0.00429. The van der Waals surface area contributed by atoms with Crippen molar-refractivity contribution in [2.45, 2.75) is 20.5 Å². The van der Waals surface area contributed by atoms with Crippen molar-refractivity contribution in [1.29, 1.82) is 0 Å². The molecule has 3 aromatic rings. The molecule has 140 valence electrons. The number of ether oxygens (including phenoxy) is 2. The Bertz CT molecular complexity index is 963. The summed E-state index contributed by atoms with van der Waals surface area (Å²) < 4.78 is 51.2. The molecule has 0 radical (unpaired) electrons. The molecular weight excluding hydrogens is 353 g/mol. The Labute approximate surface area is 155 Å². The summed E-state index contributed by atoms with van der Waals surface area (Å²) in [6, 6.07) is 13.2. The number of fused-ring (bicyclic) bond motifs is 1. The first kappa shape index (κ1) is 18.8. The molecule has 2 nitrogen and oxygen atoms in total. The van der Waals surface area contributed by atoms with E-state index in [0.717, 1.165) is 5.56 Å². The van der Waals surface area contributed by atoms with Crippen LogP contribution in [-0.4, -0.2) is 13.2 Å². The zero-order valence-corrected chi connectivity index (χ0v) is 15.0. The average Bonchev–Trinajstić information content (AvgIpc) is 2.63. The molecule has 5 heteroatoms. The van der Waals surface area contributed by atoms with E-state index in [1.807, 2.05) is 26.0 Å². The second-order valence-corrected chi connectivity index (χ2v) is 5.88. The monoisotopic (exact) mass is 372 g/mol. The lowest BCUT2D eigenvalue weighted by molar-refractivity contribution is -0.0494. The van der Waals surface area contributed by atoms with Crippen molar-refractivity contribution in [3.05, 3.63) is 66.0 Å². The number of allylic oxidation sites excluding steroid dienone is 1. The molecule has 0 amide bonds. The number of hydrogen-bond donors (Lipinski definition) is 0. The quantitative estimate of drug-likeness (QED) is 0.480. The topological polar surface area (TPSA) is 18.5 Å². The van der Waals surface area contributed by atoms with Crippen molar-refractivity contribution in [3.8, 4) is 22.6 Å². The van der Waals surface area contributed by atoms with Gasteiger partial charge < -0.3 is 9.47 Å². The van der Waals surface area contributed by atoms with E-state index < -0.39 is 12.4 Å². The second kappa shape index (κ2) is 8.16. The minimum atomic E-state index is -3.05. The van der Waals surface area contributed by atoms with Gasteiger partial charge in [0, 0.05) is 5.39 Å². The Morgan fingerprint density at radius 2 is 1.78 bits per heavy atom. The molecule has 0 aromatic heterocycles. The second-order valence-electron chi connectivity index (χ2n) is 5.88. The van der Waals surface area contributed by atoms with Crippen LogP contribution in [0.4, 0.5) is 13.2 Å². The number of rotatable bonds is 6. The van der Waals surface area contributed by atoms with E-state index in [4.69, 9.17) is 4.74 Å². The highest BCUT2D eigenvalue weighted by molar-refractivity contribution is 5.93. The van der Waals surface area contributed by atoms with Crippen molar-refractivity contribution in [3.63, 3.8) is 0 Å². The molecule has 27 heavy (non-hydrogen) atoms. The van der Waals surface area contributed by atoms with Gasteiger partial charge in [-0.15, -0.1) is 0 Å². The van der Waals surface area contributed by atoms with Crippen molar-refractivity contribution in [1.82, 2.24) is 0 Å². The third-order valence-corrected chi connectivity index (χ3v) is 4.09. The largest absolute Gasteiger partial charge is 0.494 e. The van der Waals surface area contributed by atoms with Crippen molar-refractivity contribution in [2.24, 2.45) is 0 Å². The summed E-state index contributed by atoms with van der Waals surface area (Å²) in [6.45, 7) is 1.17. The average molecular weight is 372 g/mol. The fourth-order valence-corrected chi connectivity index (χ4v) is 3.00. The zero-order chi connectivity index (χ0) is 19.4. The maximum atomic E-state index is 15.3. The van der Waals surface area contributed by atoms with Crippen LogP contribution in [0.1, 0.15) is 19.4 Å². The summed E-state index contributed by atoms with van der Waals surface area (Å²) in [6.07, 6.45) is 3.70. The molecule has 0 aliphatic rings. The highest BCUT2D eigenvalue weighted by atomic mass is 19.3. The van der Waals surface area contributed by atoms with Crippen molar-refractivity contribution >= 4 is 16.8 Å². The van der Waals surface area contributed by atoms with Crippen LogP contribution in [0.25, 0.3) is 28.0 Å². The third kappa shape index (κ3) is 4.08. The van der Waals surface area contributed by atoms with Crippen LogP contribution in [-0.2, 0) is 0 Å². The SMILES string of the molecule is C/C=C/c1ccc2c(F)c(-c3ccc(OCC)cc3)c(OC(F)F)cc2c1. The Morgan fingerprint density at radius 1 is 1.04 bits per heavy atom. The highest BCUT2D eigenvalue weighted by Gasteiger charge is 2.19. The number of alkyl halides is 2. The number of halogens is 3. The lowest BCUT2D eigenvalue weighted by Crippen LogP contribution is -2.04. The van der Waals surface area contributed by atoms with E-state index in [2.05, 4.69) is 4.74 Å². The highest BCUT2D eigenvalue weighted by Crippen LogP contribution is 2.39. The minimum Gasteiger partial charge on any atom is -0.494 e. The normalized spacial score (nSPS) is 11.5. The summed E-state index contributed by atoms with van der Waals surface area (Å²) in [4.78, 5) is 0. The van der Waals surface area contributed by atoms with Crippen molar-refractivity contribution in [2.75, 3.05) is 6.61 Å². The van der Waals surface area contributed by atoms with E-state index in [1.165, 1.54) is 6.07 Å². The van der Waals surface area contributed by atoms with E-state index in [-0.39, 0.29) is 11.3 Å². The van der Waals surface area contributed by atoms with Gasteiger partial charge in [-0.3, -0.25) is 0 Å². The van der Waals surface area contributed by atoms with Crippen LogP contribution in [0.15, 0.2) is 54.6 Å². The molecule has 0 unspecified atom stereocenters. The first-order valence-corrected chi connectivity index (χ1v) is 8.60. The van der Waals surface area contributed by atoms with Crippen LogP contribution < -0.4 is 9.47 Å². The first-order chi connectivity index (χ1) is 13.0. The van der Waals surface area contributed by atoms with Crippen LogP contribution >= 0.6 is 0 Å². The molecule has 0 atom stereocenters. The molecule has 3 rings (SSSR count). The first-order valence-electron chi connectivity index (χ1n) is 8.60. The van der Waals surface area contributed by atoms with Gasteiger partial charge in [0.25, 0.3) is 0 Å². The number of hydrogen-bond acceptors (Lipinski definition) is 2. The summed E-state index contributed by atoms with van der Waals surface area (Å²) >= 11 is 0. The Kier molecular flexibility index (Phi) is 5.69. The predicted octanol–water partition coefficient (Wildman–Crippen LogP) is 6.68. The smallest absolute Gasteiger partial charge is 0.387 e. The summed E-state index contributed by atoms with van der Waals surface area (Å²) in [5.74, 6) is -0.175. The zero-order valence-electron chi connectivity index (χ0n) is 15.0. The van der Waals surface area contributed by atoms with Gasteiger partial charge in [-0.05, 0) is 54.6 Å². The van der Waals surface area contributed by atoms with Crippen LogP contribution in [0.3, 0.4) is 0 Å². The van der Waals surface area contributed by atoms with Crippen molar-refractivity contribution < 1.29 is 22.6 Å². The molecule has 0 saturated heterocycles. The summed E-state index contributed by atoms with van der Waals surface area (Å²) in [7, 11) is 0. The van der Waals surface area contributed by atoms with Gasteiger partial charge in [0.1, 0.15) is 17.3 Å². The lowest BCUT2D eigenvalue weighted by Gasteiger charge is -2.15. The van der Waals surface area contributed by atoms with Crippen LogP contribution in [0, 0.1) is 5.82 Å². The lowest BCUT2D eigenvalue weighted by atomic mass is 9.97. The third-order valence-electron chi connectivity index (χ3n) is 4.09. The molecule has 0 heterocycles. The molecule has 0 spiro atoms. The molecule has 3 aromatic carbocycles. The molecule has 0 aliphatic heterocycles. The summed E-state index contributed by atoms with van der Waals surface area (Å²) in [5, 5.41) is 0.835. The fourth-order valence-electron chi connectivity index (χ4n) is 3.00. The van der Waals surface area contributed by atoms with Gasteiger partial charge in [0.05, 0.1) is 12.2 Å². The Hall–Kier alpha value is -2.95. The van der Waals surface area contributed by atoms with E-state index in [0.29, 0.717) is 28.7 Å². The van der Waals surface area contributed by atoms with Gasteiger partial charge in [-0.2, -0.15) is 8.78 Å². The summed E-state index contributed by atoms with van der Waals surface area (Å²) in [5.41, 5.74) is 1.29. The molecular formula is C22H19F3O2. The van der Waals surface area contributed by atoms with Gasteiger partial charge in [-0.25, -0.2) is 4.39 Å². The van der Waals surface area contributed by atoms with E-state index >= 15 is 4.39 Å². The standard InChI is InChI=1S/C22H19F3O2/c1-3-5-14-6-11-18-16(12-14)13-19(27-22(24)25)20(21(18)23)15-7-9-17(10-8-15)26-4-2/h3,5-13,22H,4H2,1-2H3/b5-3+. The maximum Gasteiger partial charge on any atom is 0.387 e. The molecule has 0 saturated carbocycles. The fraction of sp³-hybridized carbons (Fsp3) is 0.182. The van der Waals surface area contributed by atoms with Gasteiger partial charge >= 0.3 is 6.61 Å². The predicted molar refractivity (Wildman–Crippen MR) is 102 cm³/mol. The van der Waals surface area contributed by atoms with E-state index in [9.17, 15) is 8.78 Å². The molecule has 0 fully saturated rings. The maximum absolute atomic E-state index is 15.3. The number of benzene rings is 3. The van der Waals surface area contributed by atoms with E-state index in [1.54, 1.807) is 42.5 Å². The molecule has 0 aliphatic carbocycles. The van der Waals surface area contributed by atoms with Gasteiger partial charge in [0.15, 0.2) is 0 Å². The van der Waals surface area contributed by atoms with Gasteiger partial charge in [0.2, 0.25) is 0 Å². The molecule has 0 N–H and O–H groups in total. The van der Waals surface area contributed by atoms with Gasteiger partial charge in [-0.1, -0.05) is 36.4 Å². The Balaban J connectivity index is 2.19. The molecule has 0 bridgehead atoms. The van der Waals surface area contributed by atoms with Crippen LogP contribution in [0.2, 0.25) is 0 Å². The van der Waals surface area contributed by atoms with Crippen LogP contribution in [0.5, 0.6) is 11.5 Å².